The molecule has 0 spiro atoms. The van der Waals surface area contributed by atoms with Gasteiger partial charge in [0.1, 0.15) is 5.82 Å². The van der Waals surface area contributed by atoms with E-state index in [9.17, 15) is 9.90 Å². The molecule has 1 atom stereocenters. The fraction of sp³-hybridized carbons (Fsp3) is 0.500. The van der Waals surface area contributed by atoms with Gasteiger partial charge in [-0.2, -0.15) is 0 Å². The van der Waals surface area contributed by atoms with Gasteiger partial charge in [-0.05, 0) is 45.4 Å². The second-order valence-corrected chi connectivity index (χ2v) is 5.99. The van der Waals surface area contributed by atoms with Gasteiger partial charge in [0.2, 0.25) is 0 Å². The minimum Gasteiger partial charge on any atom is -0.478 e. The molecule has 112 valence electrons. The Morgan fingerprint density at radius 2 is 2.33 bits per heavy atom. The van der Waals surface area contributed by atoms with E-state index in [-0.39, 0.29) is 0 Å². The summed E-state index contributed by atoms with van der Waals surface area (Å²) in [6.45, 7) is 5.60. The van der Waals surface area contributed by atoms with Crippen molar-refractivity contribution in [2.75, 3.05) is 6.54 Å². The van der Waals surface area contributed by atoms with Crippen molar-refractivity contribution in [3.63, 3.8) is 0 Å². The average Bonchev–Trinajstić information content (AvgIpc) is 3.06. The zero-order valence-electron chi connectivity index (χ0n) is 12.5. The van der Waals surface area contributed by atoms with Gasteiger partial charge in [-0.25, -0.2) is 9.78 Å². The van der Waals surface area contributed by atoms with Gasteiger partial charge < -0.3 is 9.51 Å². The molecule has 5 heteroatoms. The van der Waals surface area contributed by atoms with Gasteiger partial charge in [0, 0.05) is 24.7 Å². The van der Waals surface area contributed by atoms with Crippen LogP contribution >= 0.6 is 0 Å². The number of hydrogen-bond acceptors (Lipinski definition) is 3. The van der Waals surface area contributed by atoms with Gasteiger partial charge in [-0.1, -0.05) is 0 Å². The number of nitrogens with zero attached hydrogens (tertiary/aromatic N) is 3. The Kier molecular flexibility index (Phi) is 3.68. The Morgan fingerprint density at radius 3 is 3.05 bits per heavy atom. The van der Waals surface area contributed by atoms with Gasteiger partial charge in [0.15, 0.2) is 0 Å². The number of aromatic nitrogens is 2. The zero-order chi connectivity index (χ0) is 15.0. The number of aromatic carboxylic acids is 1. The minimum absolute atomic E-state index is 0.309. The first-order valence-electron chi connectivity index (χ1n) is 7.52. The first kappa shape index (κ1) is 14.1. The van der Waals surface area contributed by atoms with E-state index in [1.807, 2.05) is 10.6 Å². The summed E-state index contributed by atoms with van der Waals surface area (Å²) in [5, 5.41) is 9.24. The molecular weight excluding hydrogens is 266 g/mol. The van der Waals surface area contributed by atoms with Crippen LogP contribution in [-0.2, 0) is 6.42 Å². The lowest BCUT2D eigenvalue weighted by Crippen LogP contribution is -2.37. The number of carbonyl (C=O) groups is 1. The third-order valence-electron chi connectivity index (χ3n) is 4.38. The smallest absolute Gasteiger partial charge is 0.337 e. The maximum absolute atomic E-state index is 11.3. The van der Waals surface area contributed by atoms with Crippen LogP contribution < -0.4 is 0 Å². The molecule has 0 aliphatic carbocycles. The number of fused-ring (bicyclic) bond motifs is 1. The predicted octanol–water partition coefficient (Wildman–Crippen LogP) is 2.45. The van der Waals surface area contributed by atoms with Crippen molar-refractivity contribution in [1.29, 1.82) is 0 Å². The van der Waals surface area contributed by atoms with Crippen molar-refractivity contribution in [3.05, 3.63) is 35.9 Å². The molecule has 1 saturated heterocycles. The van der Waals surface area contributed by atoms with E-state index in [2.05, 4.69) is 23.7 Å². The third kappa shape index (κ3) is 2.53. The summed E-state index contributed by atoms with van der Waals surface area (Å²) >= 11 is 0. The second kappa shape index (κ2) is 5.48. The lowest BCUT2D eigenvalue weighted by Gasteiger charge is -2.27. The van der Waals surface area contributed by atoms with Crippen molar-refractivity contribution in [1.82, 2.24) is 14.3 Å². The quantitative estimate of drug-likeness (QED) is 0.938. The maximum Gasteiger partial charge on any atom is 0.337 e. The highest BCUT2D eigenvalue weighted by Crippen LogP contribution is 2.24. The molecule has 0 saturated carbocycles. The summed E-state index contributed by atoms with van der Waals surface area (Å²) in [5.74, 6) is 0.0439. The molecule has 3 heterocycles. The topological polar surface area (TPSA) is 57.8 Å². The predicted molar refractivity (Wildman–Crippen MR) is 80.7 cm³/mol. The number of pyridine rings is 1. The SMILES string of the molecule is CC(C)N1CCCC1Cc1ncc2c(C(=O)O)cccn12. The summed E-state index contributed by atoms with van der Waals surface area (Å²) in [5.41, 5.74) is 0.984. The number of hydrogen-bond donors (Lipinski definition) is 1. The van der Waals surface area contributed by atoms with Crippen molar-refractivity contribution >= 4 is 11.5 Å². The van der Waals surface area contributed by atoms with Gasteiger partial charge >= 0.3 is 5.97 Å². The molecule has 2 aromatic rings. The van der Waals surface area contributed by atoms with Crippen LogP contribution in [0, 0.1) is 0 Å². The molecule has 5 nitrogen and oxygen atoms in total. The van der Waals surface area contributed by atoms with E-state index in [0.717, 1.165) is 18.8 Å². The van der Waals surface area contributed by atoms with E-state index in [4.69, 9.17) is 0 Å². The Balaban J connectivity index is 1.92. The van der Waals surface area contributed by atoms with E-state index in [0.29, 0.717) is 23.2 Å². The first-order valence-corrected chi connectivity index (χ1v) is 7.52. The van der Waals surface area contributed by atoms with Crippen LogP contribution in [0.15, 0.2) is 24.5 Å². The van der Waals surface area contributed by atoms with Crippen molar-refractivity contribution in [3.8, 4) is 0 Å². The molecule has 1 N–H and O–H groups in total. The number of carboxylic acid groups (broad SMARTS) is 1. The lowest BCUT2D eigenvalue weighted by molar-refractivity contribution is 0.0698. The number of likely N-dealkylation sites (tertiary alicyclic amines) is 1. The summed E-state index contributed by atoms with van der Waals surface area (Å²) in [6, 6.07) is 4.44. The molecule has 2 aromatic heterocycles. The second-order valence-electron chi connectivity index (χ2n) is 5.99. The van der Waals surface area contributed by atoms with E-state index in [1.54, 1.807) is 18.3 Å². The molecule has 1 aliphatic rings. The van der Waals surface area contributed by atoms with E-state index >= 15 is 0 Å². The highest BCUT2D eigenvalue weighted by molar-refractivity contribution is 5.95. The molecule has 0 aromatic carbocycles. The molecule has 1 unspecified atom stereocenters. The summed E-state index contributed by atoms with van der Waals surface area (Å²) in [6.07, 6.45) is 6.86. The minimum atomic E-state index is -0.906. The number of carboxylic acids is 1. The summed E-state index contributed by atoms with van der Waals surface area (Å²) < 4.78 is 1.92. The van der Waals surface area contributed by atoms with Crippen molar-refractivity contribution < 1.29 is 9.90 Å². The normalized spacial score (nSPS) is 19.7. The third-order valence-corrected chi connectivity index (χ3v) is 4.38. The highest BCUT2D eigenvalue weighted by atomic mass is 16.4. The lowest BCUT2D eigenvalue weighted by atomic mass is 10.1. The van der Waals surface area contributed by atoms with E-state index in [1.165, 1.54) is 12.8 Å². The molecule has 1 fully saturated rings. The van der Waals surface area contributed by atoms with Crippen LogP contribution in [0.5, 0.6) is 0 Å². The number of rotatable bonds is 4. The monoisotopic (exact) mass is 287 g/mol. The molecule has 21 heavy (non-hydrogen) atoms. The molecule has 3 rings (SSSR count). The molecule has 0 radical (unpaired) electrons. The van der Waals surface area contributed by atoms with Crippen LogP contribution in [0.1, 0.15) is 42.9 Å². The first-order chi connectivity index (χ1) is 10.1. The van der Waals surface area contributed by atoms with Gasteiger partial charge in [-0.3, -0.25) is 4.90 Å². The molecular formula is C16H21N3O2. The van der Waals surface area contributed by atoms with Crippen LogP contribution in [0.25, 0.3) is 5.52 Å². The zero-order valence-corrected chi connectivity index (χ0v) is 12.5. The molecule has 0 bridgehead atoms. The highest BCUT2D eigenvalue weighted by Gasteiger charge is 2.27. The fourth-order valence-corrected chi connectivity index (χ4v) is 3.38. The average molecular weight is 287 g/mol. The molecule has 0 amide bonds. The van der Waals surface area contributed by atoms with E-state index < -0.39 is 5.97 Å². The Labute approximate surface area is 124 Å². The summed E-state index contributed by atoms with van der Waals surface area (Å²) in [7, 11) is 0. The van der Waals surface area contributed by atoms with Crippen LogP contribution in [0.3, 0.4) is 0 Å². The Hall–Kier alpha value is -1.88. The van der Waals surface area contributed by atoms with Crippen LogP contribution in [0.2, 0.25) is 0 Å². The van der Waals surface area contributed by atoms with Crippen LogP contribution in [0.4, 0.5) is 0 Å². The van der Waals surface area contributed by atoms with Gasteiger partial charge in [-0.15, -0.1) is 0 Å². The van der Waals surface area contributed by atoms with Crippen molar-refractivity contribution in [2.45, 2.75) is 45.2 Å². The fourth-order valence-electron chi connectivity index (χ4n) is 3.38. The van der Waals surface area contributed by atoms with Gasteiger partial charge in [0.25, 0.3) is 0 Å². The maximum atomic E-state index is 11.3. The Bertz CT molecular complexity index is 663. The standard InChI is InChI=1S/C16H21N3O2/c1-11(2)18-7-3-5-12(18)9-15-17-10-14-13(16(20)21)6-4-8-19(14)15/h4,6,8,10-12H,3,5,7,9H2,1-2H3,(H,20,21). The van der Waals surface area contributed by atoms with Crippen molar-refractivity contribution in [2.24, 2.45) is 0 Å². The van der Waals surface area contributed by atoms with Crippen LogP contribution in [-0.4, -0.2) is 44.0 Å². The number of imidazole rings is 1. The van der Waals surface area contributed by atoms with Gasteiger partial charge in [0.05, 0.1) is 17.3 Å². The Morgan fingerprint density at radius 1 is 1.52 bits per heavy atom. The largest absolute Gasteiger partial charge is 0.478 e. The summed E-state index contributed by atoms with van der Waals surface area (Å²) in [4.78, 5) is 18.2. The molecule has 1 aliphatic heterocycles.